The molecule has 1 heterocycles. The maximum Gasteiger partial charge on any atom is 0.0649 e. The second kappa shape index (κ2) is 11.2. The third kappa shape index (κ3) is 6.77. The van der Waals surface area contributed by atoms with Crippen LogP contribution in [0.3, 0.4) is 0 Å². The first kappa shape index (κ1) is 18.1. The molecule has 1 aromatic heterocycles. The quantitative estimate of drug-likeness (QED) is 0.771. The Balaban J connectivity index is 0. The minimum absolute atomic E-state index is 0.570. The van der Waals surface area contributed by atoms with Crippen LogP contribution in [0.5, 0.6) is 0 Å². The topological polar surface area (TPSA) is 28.7 Å². The summed E-state index contributed by atoms with van der Waals surface area (Å²) in [5, 5.41) is 6.91. The molecule has 0 saturated heterocycles. The van der Waals surface area contributed by atoms with Gasteiger partial charge in [0.2, 0.25) is 0 Å². The molecule has 0 radical (unpaired) electrons. The zero-order chi connectivity index (χ0) is 13.8. The summed E-state index contributed by atoms with van der Waals surface area (Å²) in [6.45, 7) is 18.2. The van der Waals surface area contributed by atoms with Crippen molar-refractivity contribution in [2.24, 2.45) is 5.92 Å². The highest BCUT2D eigenvalue weighted by Gasteiger charge is 2.00. The van der Waals surface area contributed by atoms with E-state index in [1.165, 1.54) is 5.57 Å². The number of hydrogen-bond acceptors (Lipinski definition) is 1. The van der Waals surface area contributed by atoms with Crippen LogP contribution in [-0.4, -0.2) is 10.2 Å². The van der Waals surface area contributed by atoms with Gasteiger partial charge < -0.3 is 0 Å². The first-order valence-electron chi connectivity index (χ1n) is 6.49. The Morgan fingerprint density at radius 2 is 1.82 bits per heavy atom. The third-order valence-corrected chi connectivity index (χ3v) is 2.20. The summed E-state index contributed by atoms with van der Waals surface area (Å²) in [5.74, 6) is 0.570. The van der Waals surface area contributed by atoms with Gasteiger partial charge in [-0.2, -0.15) is 5.10 Å². The van der Waals surface area contributed by atoms with Crippen molar-refractivity contribution < 1.29 is 0 Å². The summed E-state index contributed by atoms with van der Waals surface area (Å²) in [4.78, 5) is 0. The van der Waals surface area contributed by atoms with Crippen molar-refractivity contribution in [2.45, 2.75) is 48.5 Å². The minimum atomic E-state index is 0.570. The Morgan fingerprint density at radius 1 is 1.29 bits per heavy atom. The minimum Gasteiger partial charge on any atom is -0.278 e. The van der Waals surface area contributed by atoms with Crippen molar-refractivity contribution in [1.29, 1.82) is 0 Å². The number of allylic oxidation sites excluding steroid dienone is 1. The molecular formula is C15H28N2. The van der Waals surface area contributed by atoms with Crippen LogP contribution in [0.25, 0.3) is 12.2 Å². The second-order valence-corrected chi connectivity index (χ2v) is 3.49. The van der Waals surface area contributed by atoms with Gasteiger partial charge in [0, 0.05) is 5.56 Å². The van der Waals surface area contributed by atoms with Gasteiger partial charge in [-0.05, 0) is 18.9 Å². The Morgan fingerprint density at radius 3 is 2.24 bits per heavy atom. The molecule has 17 heavy (non-hydrogen) atoms. The highest BCUT2D eigenvalue weighted by Crippen LogP contribution is 2.15. The number of nitrogens with one attached hydrogen (secondary N) is 1. The Hall–Kier alpha value is -1.31. The van der Waals surface area contributed by atoms with E-state index in [2.05, 4.69) is 43.6 Å². The number of rotatable bonds is 3. The summed E-state index contributed by atoms with van der Waals surface area (Å²) < 4.78 is 0. The molecule has 2 heteroatoms. The van der Waals surface area contributed by atoms with Gasteiger partial charge in [-0.1, -0.05) is 59.8 Å². The molecule has 1 rings (SSSR count). The fourth-order valence-corrected chi connectivity index (χ4v) is 0.978. The average Bonchev–Trinajstić information content (AvgIpc) is 2.81. The van der Waals surface area contributed by atoms with E-state index in [1.54, 1.807) is 6.20 Å². The molecular weight excluding hydrogens is 208 g/mol. The third-order valence-electron chi connectivity index (χ3n) is 2.20. The largest absolute Gasteiger partial charge is 0.278 e. The molecule has 98 valence electrons. The fourth-order valence-electron chi connectivity index (χ4n) is 0.978. The van der Waals surface area contributed by atoms with Crippen molar-refractivity contribution >= 4 is 12.2 Å². The van der Waals surface area contributed by atoms with E-state index < -0.39 is 0 Å². The molecule has 0 bridgehead atoms. The predicted molar refractivity (Wildman–Crippen MR) is 79.9 cm³/mol. The Kier molecular flexibility index (Phi) is 11.9. The molecule has 0 aromatic carbocycles. The van der Waals surface area contributed by atoms with E-state index in [4.69, 9.17) is 0 Å². The highest BCUT2D eigenvalue weighted by molar-refractivity contribution is 5.62. The summed E-state index contributed by atoms with van der Waals surface area (Å²) in [5.41, 5.74) is 3.44. The highest BCUT2D eigenvalue weighted by atomic mass is 15.1. The zero-order valence-corrected chi connectivity index (χ0v) is 12.5. The van der Waals surface area contributed by atoms with Crippen LogP contribution in [0.2, 0.25) is 0 Å². The van der Waals surface area contributed by atoms with Gasteiger partial charge in [-0.3, -0.25) is 5.10 Å². The fraction of sp³-hybridized carbons (Fsp3) is 0.533. The van der Waals surface area contributed by atoms with Gasteiger partial charge in [0.25, 0.3) is 0 Å². The lowest BCUT2D eigenvalue weighted by Crippen LogP contribution is -1.89. The number of aromatic amines is 1. The molecule has 2 nitrogen and oxygen atoms in total. The second-order valence-electron chi connectivity index (χ2n) is 3.49. The predicted octanol–water partition coefficient (Wildman–Crippen LogP) is 5.16. The molecule has 0 atom stereocenters. The van der Waals surface area contributed by atoms with Gasteiger partial charge in [0.05, 0.1) is 11.9 Å². The molecule has 0 aliphatic carbocycles. The van der Waals surface area contributed by atoms with E-state index in [0.717, 1.165) is 11.3 Å². The average molecular weight is 236 g/mol. The maximum atomic E-state index is 3.96. The molecule has 0 fully saturated rings. The van der Waals surface area contributed by atoms with Gasteiger partial charge in [0.15, 0.2) is 0 Å². The number of hydrogen-bond donors (Lipinski definition) is 1. The summed E-state index contributed by atoms with van der Waals surface area (Å²) >= 11 is 0. The molecule has 1 N–H and O–H groups in total. The molecule has 0 saturated carbocycles. The SMILES string of the molecule is C=Cc1cn[nH]c1/C=C(\C)C(C)C.CC.CC. The molecule has 0 aliphatic rings. The smallest absolute Gasteiger partial charge is 0.0649 e. The summed E-state index contributed by atoms with van der Waals surface area (Å²) in [6, 6.07) is 0. The van der Waals surface area contributed by atoms with Crippen LogP contribution < -0.4 is 0 Å². The summed E-state index contributed by atoms with van der Waals surface area (Å²) in [6.07, 6.45) is 5.71. The number of aromatic nitrogens is 2. The standard InChI is InChI=1S/C11H16N2.2C2H6/c1-5-10-7-12-13-11(10)6-9(4)8(2)3;2*1-2/h5-8H,1H2,2-4H3,(H,12,13);2*1-2H3/b9-6+;;. The van der Waals surface area contributed by atoms with E-state index in [0.29, 0.717) is 5.92 Å². The van der Waals surface area contributed by atoms with E-state index in [1.807, 2.05) is 33.8 Å². The van der Waals surface area contributed by atoms with E-state index in [-0.39, 0.29) is 0 Å². The normalized spacial score (nSPS) is 10.0. The summed E-state index contributed by atoms with van der Waals surface area (Å²) in [7, 11) is 0. The van der Waals surface area contributed by atoms with Crippen LogP contribution >= 0.6 is 0 Å². The monoisotopic (exact) mass is 236 g/mol. The van der Waals surface area contributed by atoms with E-state index >= 15 is 0 Å². The molecule has 1 aromatic rings. The van der Waals surface area contributed by atoms with Gasteiger partial charge >= 0.3 is 0 Å². The van der Waals surface area contributed by atoms with Gasteiger partial charge in [0.1, 0.15) is 0 Å². The Labute approximate surface area is 107 Å². The van der Waals surface area contributed by atoms with Crippen LogP contribution in [0, 0.1) is 5.92 Å². The Bertz CT molecular complexity index is 319. The lowest BCUT2D eigenvalue weighted by Gasteiger charge is -2.03. The van der Waals surface area contributed by atoms with Crippen molar-refractivity contribution in [1.82, 2.24) is 10.2 Å². The lowest BCUT2D eigenvalue weighted by molar-refractivity contribution is 0.775. The van der Waals surface area contributed by atoms with Gasteiger partial charge in [-0.15, -0.1) is 0 Å². The molecule has 0 unspecified atom stereocenters. The molecule has 0 amide bonds. The van der Waals surface area contributed by atoms with Crippen molar-refractivity contribution in [3.8, 4) is 0 Å². The number of H-pyrrole nitrogens is 1. The maximum absolute atomic E-state index is 3.96. The van der Waals surface area contributed by atoms with Crippen molar-refractivity contribution in [3.05, 3.63) is 29.6 Å². The first-order chi connectivity index (χ1) is 8.15. The molecule has 0 spiro atoms. The zero-order valence-electron chi connectivity index (χ0n) is 12.5. The first-order valence-corrected chi connectivity index (χ1v) is 6.49. The van der Waals surface area contributed by atoms with Crippen LogP contribution in [0.1, 0.15) is 59.7 Å². The van der Waals surface area contributed by atoms with Crippen molar-refractivity contribution in [3.63, 3.8) is 0 Å². The van der Waals surface area contributed by atoms with E-state index in [9.17, 15) is 0 Å². The van der Waals surface area contributed by atoms with Gasteiger partial charge in [-0.25, -0.2) is 0 Å². The van der Waals surface area contributed by atoms with Crippen LogP contribution in [0.4, 0.5) is 0 Å². The lowest BCUT2D eigenvalue weighted by atomic mass is 10.0. The number of nitrogens with zero attached hydrogens (tertiary/aromatic N) is 1. The molecule has 0 aliphatic heterocycles. The van der Waals surface area contributed by atoms with Crippen LogP contribution in [-0.2, 0) is 0 Å². The van der Waals surface area contributed by atoms with Crippen molar-refractivity contribution in [2.75, 3.05) is 0 Å². The van der Waals surface area contributed by atoms with Crippen LogP contribution in [0.15, 0.2) is 18.3 Å².